The average Bonchev–Trinajstić information content (AvgIpc) is 2.23. The first-order valence-corrected chi connectivity index (χ1v) is 5.55. The molecule has 0 atom stereocenters. The van der Waals surface area contributed by atoms with E-state index in [-0.39, 0.29) is 25.0 Å². The Hall–Kier alpha value is -1.47. The highest BCUT2D eigenvalue weighted by molar-refractivity contribution is 5.84. The van der Waals surface area contributed by atoms with Gasteiger partial charge in [-0.15, -0.1) is 0 Å². The first-order chi connectivity index (χ1) is 8.26. The van der Waals surface area contributed by atoms with Crippen LogP contribution in [-0.4, -0.2) is 56.7 Å². The van der Waals surface area contributed by atoms with E-state index in [2.05, 4.69) is 15.6 Å². The average molecular weight is 268 g/mol. The summed E-state index contributed by atoms with van der Waals surface area (Å²) in [7, 11) is 3.17. The Morgan fingerprint density at radius 2 is 1.89 bits per heavy atom. The maximum Gasteiger partial charge on any atom is 0.390 e. The molecule has 0 aliphatic heterocycles. The summed E-state index contributed by atoms with van der Waals surface area (Å²) in [6.45, 7) is 1.92. The molecule has 0 unspecified atom stereocenters. The molecule has 106 valence electrons. The fraction of sp³-hybridized carbons (Fsp3) is 0.800. The normalized spacial score (nSPS) is 12.2. The van der Waals surface area contributed by atoms with E-state index in [1.807, 2.05) is 0 Å². The van der Waals surface area contributed by atoms with Crippen molar-refractivity contribution in [2.75, 3.05) is 33.7 Å². The van der Waals surface area contributed by atoms with Gasteiger partial charge in [0.2, 0.25) is 5.91 Å². The topological polar surface area (TPSA) is 56.7 Å². The van der Waals surface area contributed by atoms with Gasteiger partial charge in [-0.05, 0) is 6.92 Å². The fourth-order valence-electron chi connectivity index (χ4n) is 0.952. The number of aliphatic imine (C=N–C) groups is 1. The van der Waals surface area contributed by atoms with Gasteiger partial charge in [0.1, 0.15) is 6.54 Å². The zero-order valence-electron chi connectivity index (χ0n) is 10.8. The maximum absolute atomic E-state index is 12.0. The van der Waals surface area contributed by atoms with Crippen LogP contribution in [0.1, 0.15) is 13.3 Å². The standard InChI is InChI=1S/C10H19F3N4O/c1-4-14-9(15-6-5-10(11,12)13)16-7-8(18)17(2)3/h4-7H2,1-3H3,(H2,14,15,16). The van der Waals surface area contributed by atoms with Gasteiger partial charge in [0.25, 0.3) is 0 Å². The van der Waals surface area contributed by atoms with Gasteiger partial charge >= 0.3 is 6.18 Å². The third kappa shape index (κ3) is 8.66. The summed E-state index contributed by atoms with van der Waals surface area (Å²) in [5, 5.41) is 5.28. The molecule has 0 saturated carbocycles. The molecule has 0 aromatic heterocycles. The number of likely N-dealkylation sites (N-methyl/N-ethyl adjacent to an activating group) is 1. The van der Waals surface area contributed by atoms with Crippen LogP contribution in [0.15, 0.2) is 4.99 Å². The van der Waals surface area contributed by atoms with Crippen LogP contribution in [0.25, 0.3) is 0 Å². The number of alkyl halides is 3. The first kappa shape index (κ1) is 16.5. The van der Waals surface area contributed by atoms with Gasteiger partial charge in [-0.25, -0.2) is 4.99 Å². The molecule has 2 N–H and O–H groups in total. The lowest BCUT2D eigenvalue weighted by Crippen LogP contribution is -2.39. The summed E-state index contributed by atoms with van der Waals surface area (Å²) in [6, 6.07) is 0. The number of halogens is 3. The van der Waals surface area contributed by atoms with Crippen molar-refractivity contribution in [3.63, 3.8) is 0 Å². The number of hydrogen-bond donors (Lipinski definition) is 2. The molecule has 0 fully saturated rings. The van der Waals surface area contributed by atoms with Crippen molar-refractivity contribution in [1.29, 1.82) is 0 Å². The van der Waals surface area contributed by atoms with Crippen LogP contribution in [0, 0.1) is 0 Å². The van der Waals surface area contributed by atoms with Crippen molar-refractivity contribution in [3.05, 3.63) is 0 Å². The molecule has 0 bridgehead atoms. The molecule has 5 nitrogen and oxygen atoms in total. The van der Waals surface area contributed by atoms with Gasteiger partial charge in [-0.3, -0.25) is 4.79 Å². The lowest BCUT2D eigenvalue weighted by atomic mass is 10.4. The van der Waals surface area contributed by atoms with Gasteiger partial charge < -0.3 is 15.5 Å². The van der Waals surface area contributed by atoms with Crippen LogP contribution in [0.5, 0.6) is 0 Å². The molecule has 0 aliphatic rings. The minimum atomic E-state index is -4.20. The Labute approximate surface area is 104 Å². The van der Waals surface area contributed by atoms with Crippen LogP contribution >= 0.6 is 0 Å². The Bertz CT molecular complexity index is 289. The zero-order chi connectivity index (χ0) is 14.2. The predicted octanol–water partition coefficient (Wildman–Crippen LogP) is 0.582. The smallest absolute Gasteiger partial charge is 0.357 e. The van der Waals surface area contributed by atoms with Crippen molar-refractivity contribution >= 4 is 11.9 Å². The quantitative estimate of drug-likeness (QED) is 0.566. The third-order valence-corrected chi connectivity index (χ3v) is 1.92. The number of nitrogens with one attached hydrogen (secondary N) is 2. The second kappa shape index (κ2) is 7.78. The van der Waals surface area contributed by atoms with E-state index in [4.69, 9.17) is 0 Å². The monoisotopic (exact) mass is 268 g/mol. The largest absolute Gasteiger partial charge is 0.390 e. The fourth-order valence-corrected chi connectivity index (χ4v) is 0.952. The minimum Gasteiger partial charge on any atom is -0.357 e. The maximum atomic E-state index is 12.0. The summed E-state index contributed by atoms with van der Waals surface area (Å²) < 4.78 is 35.9. The molecular weight excluding hydrogens is 249 g/mol. The van der Waals surface area contributed by atoms with Crippen molar-refractivity contribution in [2.45, 2.75) is 19.5 Å². The van der Waals surface area contributed by atoms with Crippen LogP contribution in [0.3, 0.4) is 0 Å². The third-order valence-electron chi connectivity index (χ3n) is 1.92. The lowest BCUT2D eigenvalue weighted by molar-refractivity contribution is -0.133. The molecule has 8 heteroatoms. The van der Waals surface area contributed by atoms with Crippen molar-refractivity contribution in [3.8, 4) is 0 Å². The first-order valence-electron chi connectivity index (χ1n) is 5.55. The molecule has 0 spiro atoms. The zero-order valence-corrected chi connectivity index (χ0v) is 10.8. The van der Waals surface area contributed by atoms with Crippen molar-refractivity contribution in [1.82, 2.24) is 15.5 Å². The molecule has 0 aromatic rings. The van der Waals surface area contributed by atoms with Gasteiger partial charge in [0.15, 0.2) is 5.96 Å². The van der Waals surface area contributed by atoms with Gasteiger partial charge in [-0.2, -0.15) is 13.2 Å². The number of guanidine groups is 1. The molecule has 0 aromatic carbocycles. The summed E-state index contributed by atoms with van der Waals surface area (Å²) in [4.78, 5) is 16.5. The summed E-state index contributed by atoms with van der Waals surface area (Å²) in [6.07, 6.45) is -5.15. The van der Waals surface area contributed by atoms with Crippen LogP contribution in [-0.2, 0) is 4.79 Å². The Kier molecular flexibility index (Phi) is 7.14. The van der Waals surface area contributed by atoms with Crippen molar-refractivity contribution in [2.24, 2.45) is 4.99 Å². The Morgan fingerprint density at radius 1 is 1.28 bits per heavy atom. The highest BCUT2D eigenvalue weighted by atomic mass is 19.4. The minimum absolute atomic E-state index is 0.103. The number of rotatable bonds is 5. The Balaban J connectivity index is 4.21. The van der Waals surface area contributed by atoms with Crippen LogP contribution in [0.2, 0.25) is 0 Å². The predicted molar refractivity (Wildman–Crippen MR) is 63.3 cm³/mol. The highest BCUT2D eigenvalue weighted by Gasteiger charge is 2.26. The van der Waals surface area contributed by atoms with E-state index in [1.165, 1.54) is 4.90 Å². The highest BCUT2D eigenvalue weighted by Crippen LogP contribution is 2.17. The number of carbonyl (C=O) groups is 1. The van der Waals surface area contributed by atoms with E-state index in [9.17, 15) is 18.0 Å². The van der Waals surface area contributed by atoms with Crippen LogP contribution < -0.4 is 10.6 Å². The molecule has 0 radical (unpaired) electrons. The number of nitrogens with zero attached hydrogens (tertiary/aromatic N) is 2. The second-order valence-electron chi connectivity index (χ2n) is 3.78. The Morgan fingerprint density at radius 3 is 2.33 bits per heavy atom. The van der Waals surface area contributed by atoms with E-state index in [0.717, 1.165) is 0 Å². The summed E-state index contributed by atoms with van der Waals surface area (Å²) >= 11 is 0. The molecule has 18 heavy (non-hydrogen) atoms. The van der Waals surface area contributed by atoms with E-state index >= 15 is 0 Å². The van der Waals surface area contributed by atoms with E-state index in [1.54, 1.807) is 21.0 Å². The van der Waals surface area contributed by atoms with Gasteiger partial charge in [0, 0.05) is 27.2 Å². The molecule has 0 heterocycles. The second-order valence-corrected chi connectivity index (χ2v) is 3.78. The SMILES string of the molecule is CCNC(=NCC(=O)N(C)C)NCCC(F)(F)F. The van der Waals surface area contributed by atoms with Gasteiger partial charge in [-0.1, -0.05) is 0 Å². The number of amides is 1. The van der Waals surface area contributed by atoms with Crippen LogP contribution in [0.4, 0.5) is 13.2 Å². The van der Waals surface area contributed by atoms with E-state index < -0.39 is 12.6 Å². The molecule has 0 aliphatic carbocycles. The number of carbonyl (C=O) groups excluding carboxylic acids is 1. The summed E-state index contributed by atoms with van der Waals surface area (Å²) in [5.41, 5.74) is 0. The lowest BCUT2D eigenvalue weighted by Gasteiger charge is -2.13. The van der Waals surface area contributed by atoms with Crippen molar-refractivity contribution < 1.29 is 18.0 Å². The van der Waals surface area contributed by atoms with Gasteiger partial charge in [0.05, 0.1) is 6.42 Å². The van der Waals surface area contributed by atoms with E-state index in [0.29, 0.717) is 6.54 Å². The molecular formula is C10H19F3N4O. The molecule has 0 rings (SSSR count). The number of hydrogen-bond acceptors (Lipinski definition) is 2. The summed E-state index contributed by atoms with van der Waals surface area (Å²) in [5.74, 6) is -0.0139. The molecule has 0 saturated heterocycles. The molecule has 1 amide bonds.